The molecule has 4 atom stereocenters. The van der Waals surface area contributed by atoms with Crippen molar-refractivity contribution in [2.24, 2.45) is 0 Å². The van der Waals surface area contributed by atoms with E-state index in [0.29, 0.717) is 6.42 Å². The van der Waals surface area contributed by atoms with E-state index in [0.717, 1.165) is 31.0 Å². The number of hydrogen-bond acceptors (Lipinski definition) is 6. The minimum absolute atomic E-state index is 0.00397. The molecule has 6 heteroatoms. The highest BCUT2D eigenvalue weighted by Gasteiger charge is 2.53. The first-order valence-electron chi connectivity index (χ1n) is 9.55. The molecule has 2 aliphatic heterocycles. The second-order valence-corrected chi connectivity index (χ2v) is 7.94. The molecule has 2 heterocycles. The van der Waals surface area contributed by atoms with E-state index in [-0.39, 0.29) is 30.0 Å². The van der Waals surface area contributed by atoms with Crippen LogP contribution in [0.2, 0.25) is 0 Å². The Kier molecular flexibility index (Phi) is 4.64. The second-order valence-electron chi connectivity index (χ2n) is 7.94. The van der Waals surface area contributed by atoms with Gasteiger partial charge in [0.25, 0.3) is 0 Å². The van der Waals surface area contributed by atoms with E-state index in [1.807, 2.05) is 12.1 Å². The highest BCUT2D eigenvalue weighted by molar-refractivity contribution is 5.70. The average Bonchev–Trinajstić information content (AvgIpc) is 2.86. The lowest BCUT2D eigenvalue weighted by Crippen LogP contribution is -2.43. The highest BCUT2D eigenvalue weighted by atomic mass is 16.6. The summed E-state index contributed by atoms with van der Waals surface area (Å²) < 4.78 is 17.5. The number of benzene rings is 1. The summed E-state index contributed by atoms with van der Waals surface area (Å²) in [7, 11) is 3.80. The van der Waals surface area contributed by atoms with Gasteiger partial charge in [-0.25, -0.2) is 0 Å². The molecule has 6 nitrogen and oxygen atoms in total. The molecule has 0 aromatic heterocycles. The molecule has 4 unspecified atom stereocenters. The lowest BCUT2D eigenvalue weighted by atomic mass is 9.69. The fourth-order valence-electron chi connectivity index (χ4n) is 4.61. The summed E-state index contributed by atoms with van der Waals surface area (Å²) in [5, 5.41) is 9.39. The summed E-state index contributed by atoms with van der Waals surface area (Å²) in [5.74, 6) is 1.20. The number of carbonyl (C=O) groups excluding carboxylic acids is 1. The molecule has 4 rings (SSSR count). The van der Waals surface area contributed by atoms with Gasteiger partial charge >= 0.3 is 5.97 Å². The molecule has 0 fully saturated rings. The lowest BCUT2D eigenvalue weighted by Gasteiger charge is -2.36. The van der Waals surface area contributed by atoms with Gasteiger partial charge in [-0.15, -0.1) is 0 Å². The van der Waals surface area contributed by atoms with Crippen LogP contribution < -0.4 is 9.47 Å². The molecule has 146 valence electrons. The van der Waals surface area contributed by atoms with Crippen LogP contribution in [0.5, 0.6) is 11.5 Å². The largest absolute Gasteiger partial charge is 0.493 e. The van der Waals surface area contributed by atoms with Crippen molar-refractivity contribution in [2.45, 2.75) is 56.5 Å². The number of ether oxygens (including phenoxy) is 3. The van der Waals surface area contributed by atoms with Crippen LogP contribution in [0.25, 0.3) is 0 Å². The minimum atomic E-state index is -0.701. The van der Waals surface area contributed by atoms with Crippen molar-refractivity contribution < 1.29 is 24.1 Å². The third-order valence-corrected chi connectivity index (χ3v) is 5.87. The highest BCUT2D eigenvalue weighted by Crippen LogP contribution is 2.55. The fraction of sp³-hybridized carbons (Fsp3) is 0.571. The standard InChI is InChI=1S/C21H27NO5/c1-13(23)10-18(24)26-15-6-7-21-8-9-22(2)12-14-4-5-16(25-3)20(19(14)21)27-17(21)11-15/h4-7,13,15,17,23H,8-12H2,1-3H3. The number of esters is 1. The molecule has 0 amide bonds. The molecule has 3 aliphatic rings. The van der Waals surface area contributed by atoms with Gasteiger partial charge in [-0.05, 0) is 44.6 Å². The molecule has 1 aliphatic carbocycles. The third kappa shape index (κ3) is 3.11. The Bertz CT molecular complexity index is 774. The van der Waals surface area contributed by atoms with Crippen LogP contribution in [0, 0.1) is 0 Å². The van der Waals surface area contributed by atoms with Gasteiger partial charge in [-0.3, -0.25) is 4.79 Å². The number of aliphatic hydroxyl groups is 1. The number of carbonyl (C=O) groups is 1. The van der Waals surface area contributed by atoms with Crippen molar-refractivity contribution in [3.8, 4) is 11.5 Å². The first-order chi connectivity index (χ1) is 12.9. The minimum Gasteiger partial charge on any atom is -0.493 e. The maximum Gasteiger partial charge on any atom is 0.308 e. The average molecular weight is 373 g/mol. The Balaban J connectivity index is 1.67. The molecule has 0 bridgehead atoms. The van der Waals surface area contributed by atoms with Crippen LogP contribution in [-0.4, -0.2) is 55.0 Å². The number of methoxy groups -OCH3 is 1. The van der Waals surface area contributed by atoms with Crippen LogP contribution >= 0.6 is 0 Å². The zero-order valence-corrected chi connectivity index (χ0v) is 16.1. The summed E-state index contributed by atoms with van der Waals surface area (Å²) in [6, 6.07) is 4.11. The maximum absolute atomic E-state index is 12.0. The summed E-state index contributed by atoms with van der Waals surface area (Å²) in [5.41, 5.74) is 2.28. The Morgan fingerprint density at radius 2 is 2.30 bits per heavy atom. The summed E-state index contributed by atoms with van der Waals surface area (Å²) in [6.07, 6.45) is 4.59. The number of hydrogen-bond donors (Lipinski definition) is 1. The molecule has 0 radical (unpaired) electrons. The predicted molar refractivity (Wildman–Crippen MR) is 100.0 cm³/mol. The SMILES string of the molecule is COc1ccc2c3c1OC1CC(OC(=O)CC(C)O)C=CC31CCN(C)C2. The van der Waals surface area contributed by atoms with Crippen molar-refractivity contribution in [1.82, 2.24) is 4.90 Å². The second kappa shape index (κ2) is 6.84. The fourth-order valence-corrected chi connectivity index (χ4v) is 4.61. The lowest BCUT2D eigenvalue weighted by molar-refractivity contribution is -0.150. The molecule has 1 aromatic rings. The molecular weight excluding hydrogens is 346 g/mol. The van der Waals surface area contributed by atoms with E-state index in [1.165, 1.54) is 11.1 Å². The smallest absolute Gasteiger partial charge is 0.308 e. The van der Waals surface area contributed by atoms with Gasteiger partial charge in [-0.2, -0.15) is 0 Å². The van der Waals surface area contributed by atoms with Gasteiger partial charge in [0.2, 0.25) is 0 Å². The van der Waals surface area contributed by atoms with Crippen molar-refractivity contribution in [2.75, 3.05) is 20.7 Å². The van der Waals surface area contributed by atoms with E-state index in [2.05, 4.69) is 24.1 Å². The van der Waals surface area contributed by atoms with E-state index in [9.17, 15) is 9.90 Å². The van der Waals surface area contributed by atoms with Gasteiger partial charge in [0.1, 0.15) is 12.2 Å². The van der Waals surface area contributed by atoms with Gasteiger partial charge in [0.15, 0.2) is 11.5 Å². The Hall–Kier alpha value is -2.05. The van der Waals surface area contributed by atoms with Crippen LogP contribution in [0.4, 0.5) is 0 Å². The summed E-state index contributed by atoms with van der Waals surface area (Å²) in [4.78, 5) is 14.3. The van der Waals surface area contributed by atoms with Crippen molar-refractivity contribution in [3.05, 3.63) is 35.4 Å². The van der Waals surface area contributed by atoms with Crippen molar-refractivity contribution >= 4 is 5.97 Å². The van der Waals surface area contributed by atoms with Crippen LogP contribution in [0.15, 0.2) is 24.3 Å². The predicted octanol–water partition coefficient (Wildman–Crippen LogP) is 2.17. The van der Waals surface area contributed by atoms with Crippen molar-refractivity contribution in [1.29, 1.82) is 0 Å². The Morgan fingerprint density at radius 3 is 3.04 bits per heavy atom. The first-order valence-corrected chi connectivity index (χ1v) is 9.55. The Morgan fingerprint density at radius 1 is 1.48 bits per heavy atom. The normalized spacial score (nSPS) is 29.9. The quantitative estimate of drug-likeness (QED) is 0.644. The van der Waals surface area contributed by atoms with Gasteiger partial charge in [-0.1, -0.05) is 12.1 Å². The first kappa shape index (κ1) is 18.3. The number of rotatable bonds is 4. The van der Waals surface area contributed by atoms with Crippen LogP contribution in [0.3, 0.4) is 0 Å². The zero-order valence-electron chi connectivity index (χ0n) is 16.1. The van der Waals surface area contributed by atoms with E-state index >= 15 is 0 Å². The molecular formula is C21H27NO5. The molecule has 1 spiro atoms. The number of aliphatic hydroxyl groups excluding tert-OH is 1. The van der Waals surface area contributed by atoms with Gasteiger partial charge in [0, 0.05) is 18.5 Å². The van der Waals surface area contributed by atoms with Gasteiger partial charge in [0.05, 0.1) is 25.0 Å². The Labute approximate surface area is 159 Å². The summed E-state index contributed by atoms with van der Waals surface area (Å²) >= 11 is 0. The van der Waals surface area contributed by atoms with Gasteiger partial charge < -0.3 is 24.2 Å². The maximum atomic E-state index is 12.0. The van der Waals surface area contributed by atoms with E-state index in [4.69, 9.17) is 14.2 Å². The third-order valence-electron chi connectivity index (χ3n) is 5.87. The molecule has 1 aromatic carbocycles. The van der Waals surface area contributed by atoms with Crippen LogP contribution in [0.1, 0.15) is 37.3 Å². The zero-order chi connectivity index (χ0) is 19.2. The topological polar surface area (TPSA) is 68.2 Å². The summed E-state index contributed by atoms with van der Waals surface area (Å²) in [6.45, 7) is 3.43. The van der Waals surface area contributed by atoms with E-state index < -0.39 is 6.10 Å². The number of nitrogens with zero attached hydrogens (tertiary/aromatic N) is 1. The monoisotopic (exact) mass is 373 g/mol. The van der Waals surface area contributed by atoms with Crippen LogP contribution in [-0.2, 0) is 21.5 Å². The molecule has 1 N–H and O–H groups in total. The molecule has 0 saturated carbocycles. The molecule has 27 heavy (non-hydrogen) atoms. The van der Waals surface area contributed by atoms with E-state index in [1.54, 1.807) is 14.0 Å². The molecule has 0 saturated heterocycles. The van der Waals surface area contributed by atoms with Crippen molar-refractivity contribution in [3.63, 3.8) is 0 Å².